The molecule has 0 saturated carbocycles. The van der Waals surface area contributed by atoms with E-state index in [4.69, 9.17) is 4.74 Å². The van der Waals surface area contributed by atoms with Crippen LogP contribution in [0, 0.1) is 13.5 Å². The SMILES string of the molecule is [CH2]CC[CH]O/C=C/c1ccccc1. The van der Waals surface area contributed by atoms with Gasteiger partial charge in [-0.25, -0.2) is 0 Å². The van der Waals surface area contributed by atoms with Gasteiger partial charge >= 0.3 is 0 Å². The molecule has 1 nitrogen and oxygen atoms in total. The van der Waals surface area contributed by atoms with Crippen molar-refractivity contribution >= 4 is 6.08 Å². The van der Waals surface area contributed by atoms with Crippen LogP contribution >= 0.6 is 0 Å². The van der Waals surface area contributed by atoms with E-state index in [0.29, 0.717) is 0 Å². The van der Waals surface area contributed by atoms with E-state index in [0.717, 1.165) is 18.4 Å². The van der Waals surface area contributed by atoms with Gasteiger partial charge in [0.05, 0.1) is 6.26 Å². The van der Waals surface area contributed by atoms with Gasteiger partial charge in [0, 0.05) is 0 Å². The molecule has 0 aliphatic rings. The van der Waals surface area contributed by atoms with Crippen LogP contribution in [-0.4, -0.2) is 0 Å². The first-order valence-corrected chi connectivity index (χ1v) is 4.41. The standard InChI is InChI=1S/C12H14O/c1-2-3-10-13-11-9-12-7-5-4-6-8-12/h4-11H,1-3H2/b11-9+. The van der Waals surface area contributed by atoms with Gasteiger partial charge in [-0.2, -0.15) is 0 Å². The van der Waals surface area contributed by atoms with Crippen molar-refractivity contribution in [3.63, 3.8) is 0 Å². The molecule has 0 heterocycles. The van der Waals surface area contributed by atoms with Gasteiger partial charge < -0.3 is 4.74 Å². The lowest BCUT2D eigenvalue weighted by Crippen LogP contribution is -1.77. The van der Waals surface area contributed by atoms with Gasteiger partial charge in [0.2, 0.25) is 0 Å². The Morgan fingerprint density at radius 2 is 2.00 bits per heavy atom. The van der Waals surface area contributed by atoms with Crippen molar-refractivity contribution in [3.05, 3.63) is 55.7 Å². The van der Waals surface area contributed by atoms with Gasteiger partial charge in [0.15, 0.2) is 0 Å². The summed E-state index contributed by atoms with van der Waals surface area (Å²) in [5.74, 6) is 0. The average Bonchev–Trinajstić information content (AvgIpc) is 2.19. The lowest BCUT2D eigenvalue weighted by atomic mass is 10.2. The maximum absolute atomic E-state index is 5.13. The second-order valence-corrected chi connectivity index (χ2v) is 2.66. The van der Waals surface area contributed by atoms with Crippen molar-refractivity contribution in [1.82, 2.24) is 0 Å². The van der Waals surface area contributed by atoms with Crippen molar-refractivity contribution in [3.8, 4) is 0 Å². The predicted molar refractivity (Wildman–Crippen MR) is 55.5 cm³/mol. The van der Waals surface area contributed by atoms with Crippen LogP contribution in [0.3, 0.4) is 0 Å². The zero-order chi connectivity index (χ0) is 9.36. The summed E-state index contributed by atoms with van der Waals surface area (Å²) in [6, 6.07) is 10.0. The van der Waals surface area contributed by atoms with E-state index < -0.39 is 0 Å². The highest BCUT2D eigenvalue weighted by Gasteiger charge is 1.83. The molecule has 1 aromatic rings. The Balaban J connectivity index is 2.25. The molecular weight excluding hydrogens is 160 g/mol. The van der Waals surface area contributed by atoms with Crippen LogP contribution in [0.5, 0.6) is 0 Å². The second kappa shape index (κ2) is 6.30. The Hall–Kier alpha value is -1.24. The minimum atomic E-state index is 0.874. The minimum absolute atomic E-state index is 0.874. The fraction of sp³-hybridized carbons (Fsp3) is 0.167. The third-order valence-corrected chi connectivity index (χ3v) is 1.56. The molecule has 0 aromatic heterocycles. The van der Waals surface area contributed by atoms with E-state index in [1.165, 1.54) is 0 Å². The van der Waals surface area contributed by atoms with Gasteiger partial charge in [-0.3, -0.25) is 0 Å². The van der Waals surface area contributed by atoms with Gasteiger partial charge in [-0.1, -0.05) is 37.3 Å². The van der Waals surface area contributed by atoms with E-state index >= 15 is 0 Å². The highest BCUT2D eigenvalue weighted by atomic mass is 16.5. The zero-order valence-corrected chi connectivity index (χ0v) is 7.65. The van der Waals surface area contributed by atoms with Gasteiger partial charge in [0.25, 0.3) is 0 Å². The number of benzene rings is 1. The van der Waals surface area contributed by atoms with E-state index in [2.05, 4.69) is 6.92 Å². The van der Waals surface area contributed by atoms with Crippen LogP contribution < -0.4 is 0 Å². The number of hydrogen-bond acceptors (Lipinski definition) is 1. The molecule has 0 fully saturated rings. The summed E-state index contributed by atoms with van der Waals surface area (Å²) in [5.41, 5.74) is 1.14. The zero-order valence-electron chi connectivity index (χ0n) is 7.65. The Morgan fingerprint density at radius 3 is 2.69 bits per heavy atom. The van der Waals surface area contributed by atoms with Crippen molar-refractivity contribution in [2.24, 2.45) is 0 Å². The molecule has 68 valence electrons. The third kappa shape index (κ3) is 4.36. The molecule has 0 spiro atoms. The molecule has 2 radical (unpaired) electrons. The smallest absolute Gasteiger partial charge is 0.134 e. The van der Waals surface area contributed by atoms with Gasteiger partial charge in [-0.15, -0.1) is 0 Å². The van der Waals surface area contributed by atoms with Crippen LogP contribution in [0.2, 0.25) is 0 Å². The average molecular weight is 174 g/mol. The Kier molecular flexibility index (Phi) is 4.77. The van der Waals surface area contributed by atoms with Crippen molar-refractivity contribution < 1.29 is 4.74 Å². The first-order valence-electron chi connectivity index (χ1n) is 4.41. The van der Waals surface area contributed by atoms with Crippen molar-refractivity contribution in [1.29, 1.82) is 0 Å². The number of unbranched alkanes of at least 4 members (excludes halogenated alkanes) is 1. The van der Waals surface area contributed by atoms with Crippen LogP contribution in [-0.2, 0) is 4.74 Å². The quantitative estimate of drug-likeness (QED) is 0.490. The van der Waals surface area contributed by atoms with E-state index in [1.807, 2.05) is 36.4 Å². The third-order valence-electron chi connectivity index (χ3n) is 1.56. The monoisotopic (exact) mass is 174 g/mol. The fourth-order valence-corrected chi connectivity index (χ4v) is 0.889. The lowest BCUT2D eigenvalue weighted by Gasteiger charge is -1.96. The van der Waals surface area contributed by atoms with Crippen LogP contribution in [0.1, 0.15) is 18.4 Å². The Labute approximate surface area is 80.0 Å². The topological polar surface area (TPSA) is 9.23 Å². The molecule has 0 amide bonds. The minimum Gasteiger partial charge on any atom is -0.494 e. The molecule has 13 heavy (non-hydrogen) atoms. The molecule has 0 N–H and O–H groups in total. The van der Waals surface area contributed by atoms with Crippen LogP contribution in [0.25, 0.3) is 6.08 Å². The second-order valence-electron chi connectivity index (χ2n) is 2.66. The van der Waals surface area contributed by atoms with E-state index in [9.17, 15) is 0 Å². The molecule has 0 saturated heterocycles. The molecule has 1 aromatic carbocycles. The normalized spacial score (nSPS) is 10.5. The lowest BCUT2D eigenvalue weighted by molar-refractivity contribution is 0.324. The summed E-state index contributed by atoms with van der Waals surface area (Å²) in [4.78, 5) is 0. The predicted octanol–water partition coefficient (Wildman–Crippen LogP) is 3.45. The molecular formula is C12H14O. The molecule has 0 bridgehead atoms. The number of rotatable bonds is 5. The first kappa shape index (κ1) is 9.85. The van der Waals surface area contributed by atoms with Gasteiger partial charge in [-0.05, 0) is 24.5 Å². The molecule has 0 aliphatic heterocycles. The largest absolute Gasteiger partial charge is 0.494 e. The Bertz CT molecular complexity index is 239. The van der Waals surface area contributed by atoms with Crippen LogP contribution in [0.15, 0.2) is 36.6 Å². The molecule has 1 rings (SSSR count). The van der Waals surface area contributed by atoms with E-state index in [-0.39, 0.29) is 0 Å². The summed E-state index contributed by atoms with van der Waals surface area (Å²) < 4.78 is 5.13. The van der Waals surface area contributed by atoms with Gasteiger partial charge in [0.1, 0.15) is 6.61 Å². The summed E-state index contributed by atoms with van der Waals surface area (Å²) >= 11 is 0. The highest BCUT2D eigenvalue weighted by molar-refractivity contribution is 5.47. The fourth-order valence-electron chi connectivity index (χ4n) is 0.889. The van der Waals surface area contributed by atoms with Crippen LogP contribution in [0.4, 0.5) is 0 Å². The van der Waals surface area contributed by atoms with Crippen molar-refractivity contribution in [2.45, 2.75) is 12.8 Å². The summed E-state index contributed by atoms with van der Waals surface area (Å²) in [6.07, 6.45) is 5.38. The molecule has 0 aliphatic carbocycles. The summed E-state index contributed by atoms with van der Waals surface area (Å²) in [6.45, 7) is 5.46. The highest BCUT2D eigenvalue weighted by Crippen LogP contribution is 2.02. The van der Waals surface area contributed by atoms with E-state index in [1.54, 1.807) is 12.9 Å². The Morgan fingerprint density at radius 1 is 1.23 bits per heavy atom. The first-order chi connectivity index (χ1) is 6.43. The number of ether oxygens (including phenoxy) is 1. The molecule has 1 heteroatoms. The molecule has 0 unspecified atom stereocenters. The summed E-state index contributed by atoms with van der Waals surface area (Å²) in [7, 11) is 0. The summed E-state index contributed by atoms with van der Waals surface area (Å²) in [5, 5.41) is 0. The van der Waals surface area contributed by atoms with Crippen molar-refractivity contribution in [2.75, 3.05) is 0 Å². The molecule has 0 atom stereocenters. The maximum Gasteiger partial charge on any atom is 0.134 e. The number of hydrogen-bond donors (Lipinski definition) is 0. The maximum atomic E-state index is 5.13.